The highest BCUT2D eigenvalue weighted by Gasteiger charge is 2.06. The second kappa shape index (κ2) is 8.00. The van der Waals surface area contributed by atoms with Crippen LogP contribution in [0.3, 0.4) is 0 Å². The standard InChI is InChI=1S/C19H20N2O2/c1-3-10-23-18-8-4-15(5-9-18)13-21-19-11-16(14(2)22)6-7-17(19)12-20/h4-9,11,21H,3,10,13H2,1-2H3. The summed E-state index contributed by atoms with van der Waals surface area (Å²) in [5.74, 6) is 0.835. The van der Waals surface area contributed by atoms with Gasteiger partial charge < -0.3 is 10.1 Å². The summed E-state index contributed by atoms with van der Waals surface area (Å²) in [5.41, 5.74) is 2.87. The first-order valence-corrected chi connectivity index (χ1v) is 7.64. The lowest BCUT2D eigenvalue weighted by molar-refractivity contribution is 0.101. The number of anilines is 1. The maximum absolute atomic E-state index is 11.5. The Balaban J connectivity index is 2.06. The Morgan fingerprint density at radius 3 is 2.57 bits per heavy atom. The van der Waals surface area contributed by atoms with Gasteiger partial charge in [-0.2, -0.15) is 5.26 Å². The van der Waals surface area contributed by atoms with Gasteiger partial charge in [-0.05, 0) is 49.2 Å². The summed E-state index contributed by atoms with van der Waals surface area (Å²) in [5, 5.41) is 12.4. The lowest BCUT2D eigenvalue weighted by Crippen LogP contribution is -2.03. The molecule has 0 fully saturated rings. The number of carbonyl (C=O) groups excluding carboxylic acids is 1. The zero-order valence-corrected chi connectivity index (χ0v) is 13.4. The number of ether oxygens (including phenoxy) is 1. The number of nitrogens with one attached hydrogen (secondary N) is 1. The van der Waals surface area contributed by atoms with Gasteiger partial charge in [-0.25, -0.2) is 0 Å². The van der Waals surface area contributed by atoms with Gasteiger partial charge in [-0.15, -0.1) is 0 Å². The highest BCUT2D eigenvalue weighted by atomic mass is 16.5. The molecule has 1 N–H and O–H groups in total. The predicted molar refractivity (Wildman–Crippen MR) is 90.7 cm³/mol. The Morgan fingerprint density at radius 1 is 1.22 bits per heavy atom. The molecule has 4 heteroatoms. The molecule has 23 heavy (non-hydrogen) atoms. The van der Waals surface area contributed by atoms with Gasteiger partial charge in [0.05, 0.1) is 17.9 Å². The molecule has 0 aliphatic carbocycles. The molecule has 0 aliphatic rings. The maximum atomic E-state index is 11.5. The van der Waals surface area contributed by atoms with Crippen LogP contribution in [0.25, 0.3) is 0 Å². The molecule has 2 aromatic carbocycles. The third kappa shape index (κ3) is 4.58. The largest absolute Gasteiger partial charge is 0.494 e. The fourth-order valence-electron chi connectivity index (χ4n) is 2.13. The summed E-state index contributed by atoms with van der Waals surface area (Å²) >= 11 is 0. The third-order valence-electron chi connectivity index (χ3n) is 3.43. The van der Waals surface area contributed by atoms with E-state index in [0.29, 0.717) is 30.0 Å². The Hall–Kier alpha value is -2.80. The summed E-state index contributed by atoms with van der Waals surface area (Å²) in [6.45, 7) is 4.87. The number of Topliss-reactive ketones (excluding diaryl/α,β-unsaturated/α-hetero) is 1. The first-order valence-electron chi connectivity index (χ1n) is 7.64. The van der Waals surface area contributed by atoms with E-state index in [1.807, 2.05) is 24.3 Å². The number of ketones is 1. The van der Waals surface area contributed by atoms with E-state index in [1.54, 1.807) is 18.2 Å². The second-order valence-corrected chi connectivity index (χ2v) is 5.27. The van der Waals surface area contributed by atoms with E-state index in [9.17, 15) is 10.1 Å². The lowest BCUT2D eigenvalue weighted by atomic mass is 10.1. The molecule has 0 radical (unpaired) electrons. The van der Waals surface area contributed by atoms with Crippen LogP contribution in [0.15, 0.2) is 42.5 Å². The van der Waals surface area contributed by atoms with Gasteiger partial charge in [0.25, 0.3) is 0 Å². The molecule has 118 valence electrons. The topological polar surface area (TPSA) is 62.1 Å². The van der Waals surface area contributed by atoms with E-state index in [-0.39, 0.29) is 5.78 Å². The van der Waals surface area contributed by atoms with Crippen molar-refractivity contribution in [3.63, 3.8) is 0 Å². The molecule has 0 aliphatic heterocycles. The van der Waals surface area contributed by atoms with Crippen molar-refractivity contribution in [1.29, 1.82) is 5.26 Å². The number of nitrogens with zero attached hydrogens (tertiary/aromatic N) is 1. The Bertz CT molecular complexity index is 715. The van der Waals surface area contributed by atoms with Gasteiger partial charge in [0.2, 0.25) is 0 Å². The molecule has 0 amide bonds. The molecule has 0 bridgehead atoms. The predicted octanol–water partition coefficient (Wildman–Crippen LogP) is 4.16. The molecular formula is C19H20N2O2. The number of hydrogen-bond acceptors (Lipinski definition) is 4. The van der Waals surface area contributed by atoms with Crippen LogP contribution in [0.1, 0.15) is 41.8 Å². The van der Waals surface area contributed by atoms with Crippen LogP contribution >= 0.6 is 0 Å². The first-order chi connectivity index (χ1) is 11.1. The van der Waals surface area contributed by atoms with Crippen molar-refractivity contribution in [2.75, 3.05) is 11.9 Å². The Morgan fingerprint density at radius 2 is 1.96 bits per heavy atom. The van der Waals surface area contributed by atoms with Crippen LogP contribution in [-0.4, -0.2) is 12.4 Å². The normalized spacial score (nSPS) is 9.96. The minimum atomic E-state index is -0.0186. The SMILES string of the molecule is CCCOc1ccc(CNc2cc(C(C)=O)ccc2C#N)cc1. The molecule has 0 saturated carbocycles. The molecule has 0 unspecified atom stereocenters. The monoisotopic (exact) mass is 308 g/mol. The molecule has 2 rings (SSSR count). The molecule has 0 heterocycles. The van der Waals surface area contributed by atoms with E-state index in [4.69, 9.17) is 4.74 Å². The molecular weight excluding hydrogens is 288 g/mol. The van der Waals surface area contributed by atoms with Gasteiger partial charge in [0, 0.05) is 12.1 Å². The third-order valence-corrected chi connectivity index (χ3v) is 3.43. The first kappa shape index (κ1) is 16.6. The zero-order valence-electron chi connectivity index (χ0n) is 13.4. The van der Waals surface area contributed by atoms with Gasteiger partial charge in [0.15, 0.2) is 5.78 Å². The van der Waals surface area contributed by atoms with Crippen LogP contribution in [0, 0.1) is 11.3 Å². The van der Waals surface area contributed by atoms with Crippen molar-refractivity contribution in [1.82, 2.24) is 0 Å². The van der Waals surface area contributed by atoms with E-state index < -0.39 is 0 Å². The smallest absolute Gasteiger partial charge is 0.159 e. The van der Waals surface area contributed by atoms with Crippen molar-refractivity contribution in [2.24, 2.45) is 0 Å². The van der Waals surface area contributed by atoms with Crippen molar-refractivity contribution in [3.8, 4) is 11.8 Å². The summed E-state index contributed by atoms with van der Waals surface area (Å²) < 4.78 is 5.55. The van der Waals surface area contributed by atoms with Gasteiger partial charge >= 0.3 is 0 Å². The number of nitriles is 1. The van der Waals surface area contributed by atoms with E-state index in [2.05, 4.69) is 18.3 Å². The van der Waals surface area contributed by atoms with E-state index >= 15 is 0 Å². The minimum absolute atomic E-state index is 0.0186. The lowest BCUT2D eigenvalue weighted by Gasteiger charge is -2.10. The Labute approximate surface area is 136 Å². The summed E-state index contributed by atoms with van der Waals surface area (Å²) in [7, 11) is 0. The Kier molecular flexibility index (Phi) is 5.76. The van der Waals surface area contributed by atoms with Gasteiger partial charge in [-0.3, -0.25) is 4.79 Å². The summed E-state index contributed by atoms with van der Waals surface area (Å²) in [6, 6.07) is 15.0. The number of carbonyl (C=O) groups is 1. The van der Waals surface area contributed by atoms with Crippen LogP contribution in [0.4, 0.5) is 5.69 Å². The molecule has 0 saturated heterocycles. The van der Waals surface area contributed by atoms with Crippen molar-refractivity contribution in [3.05, 3.63) is 59.2 Å². The molecule has 4 nitrogen and oxygen atoms in total. The van der Waals surface area contributed by atoms with Gasteiger partial charge in [-0.1, -0.05) is 19.1 Å². The van der Waals surface area contributed by atoms with Crippen LogP contribution in [0.2, 0.25) is 0 Å². The molecule has 2 aromatic rings. The fourth-order valence-corrected chi connectivity index (χ4v) is 2.13. The molecule has 0 atom stereocenters. The molecule has 0 spiro atoms. The highest BCUT2D eigenvalue weighted by molar-refractivity contribution is 5.95. The summed E-state index contributed by atoms with van der Waals surface area (Å²) in [6.07, 6.45) is 0.979. The van der Waals surface area contributed by atoms with Crippen molar-refractivity contribution in [2.45, 2.75) is 26.8 Å². The zero-order chi connectivity index (χ0) is 16.7. The van der Waals surface area contributed by atoms with E-state index in [1.165, 1.54) is 6.92 Å². The van der Waals surface area contributed by atoms with Gasteiger partial charge in [0.1, 0.15) is 11.8 Å². The van der Waals surface area contributed by atoms with E-state index in [0.717, 1.165) is 17.7 Å². The average molecular weight is 308 g/mol. The fraction of sp³-hybridized carbons (Fsp3) is 0.263. The van der Waals surface area contributed by atoms with Crippen LogP contribution in [-0.2, 0) is 6.54 Å². The van der Waals surface area contributed by atoms with Crippen molar-refractivity contribution >= 4 is 11.5 Å². The maximum Gasteiger partial charge on any atom is 0.159 e. The second-order valence-electron chi connectivity index (χ2n) is 5.27. The number of hydrogen-bond donors (Lipinski definition) is 1. The summed E-state index contributed by atoms with van der Waals surface area (Å²) in [4.78, 5) is 11.5. The highest BCUT2D eigenvalue weighted by Crippen LogP contribution is 2.19. The number of benzene rings is 2. The van der Waals surface area contributed by atoms with Crippen LogP contribution in [0.5, 0.6) is 5.75 Å². The number of rotatable bonds is 7. The quantitative estimate of drug-likeness (QED) is 0.780. The molecule has 0 aromatic heterocycles. The van der Waals surface area contributed by atoms with Crippen LogP contribution < -0.4 is 10.1 Å². The average Bonchev–Trinajstić information content (AvgIpc) is 2.58. The van der Waals surface area contributed by atoms with Crippen molar-refractivity contribution < 1.29 is 9.53 Å². The minimum Gasteiger partial charge on any atom is -0.494 e.